The maximum atomic E-state index is 12.8. The molecule has 0 bridgehead atoms. The number of rotatable bonds is 8. The lowest BCUT2D eigenvalue weighted by atomic mass is 9.75. The maximum Gasteiger partial charge on any atom is 0.410 e. The van der Waals surface area contributed by atoms with Crippen LogP contribution >= 0.6 is 11.6 Å². The smallest absolute Gasteiger partial charge is 0.410 e. The van der Waals surface area contributed by atoms with Gasteiger partial charge in [0.25, 0.3) is 0 Å². The Hall–Kier alpha value is -2.74. The third-order valence-electron chi connectivity index (χ3n) is 8.00. The van der Waals surface area contributed by atoms with Gasteiger partial charge >= 0.3 is 6.09 Å². The number of hydrogen-bond donors (Lipinski definition) is 0. The number of nitrogens with zero attached hydrogens (tertiary/aromatic N) is 3. The van der Waals surface area contributed by atoms with Crippen LogP contribution in [0.25, 0.3) is 6.08 Å². The zero-order valence-electron chi connectivity index (χ0n) is 31.0. The molecule has 1 aromatic carbocycles. The number of aldehydes is 1. The van der Waals surface area contributed by atoms with Crippen LogP contribution in [0.1, 0.15) is 118 Å². The van der Waals surface area contributed by atoms with Gasteiger partial charge in [0.2, 0.25) is 0 Å². The molecule has 7 nitrogen and oxygen atoms in total. The van der Waals surface area contributed by atoms with Gasteiger partial charge in [-0.2, -0.15) is 5.06 Å². The summed E-state index contributed by atoms with van der Waals surface area (Å²) in [7, 11) is 5.29. The largest absolute Gasteiger partial charge is 0.443 e. The maximum absolute atomic E-state index is 12.8. The standard InChI is InChI=1S/C31H43ClN2O2.C3H9NO.C2H4O.C2H6/c1-8-21(3)19-25-20-26(32)10-11-27(25)28(29-23(5)18-22(4)12-15-33-29)24-13-16-34(17-14-24)30(35)36-31(6,7)9-2;1-4(2)5-3;1-2-3;1-2/h10-11,15,18-20,24,28H,8-9,12-14,16-17H2,1-7H3;1-3H3;2H,1H3;1-2H3/b21-19+;;;. The molecular formula is C38H62ClN3O4. The number of halogens is 1. The zero-order valence-corrected chi connectivity index (χ0v) is 31.8. The van der Waals surface area contributed by atoms with Crippen molar-refractivity contribution in [2.24, 2.45) is 10.9 Å². The van der Waals surface area contributed by atoms with Crippen molar-refractivity contribution in [3.05, 3.63) is 62.8 Å². The van der Waals surface area contributed by atoms with E-state index in [0.29, 0.717) is 19.0 Å². The number of ether oxygens (including phenoxy) is 1. The first kappa shape index (κ1) is 43.3. The third kappa shape index (κ3) is 15.2. The van der Waals surface area contributed by atoms with Crippen LogP contribution in [-0.2, 0) is 14.4 Å². The topological polar surface area (TPSA) is 71.4 Å². The van der Waals surface area contributed by atoms with E-state index in [1.165, 1.54) is 34.8 Å². The lowest BCUT2D eigenvalue weighted by Gasteiger charge is -2.38. The molecule has 2 heterocycles. The average molecular weight is 660 g/mol. The van der Waals surface area contributed by atoms with Crippen molar-refractivity contribution in [2.75, 3.05) is 34.3 Å². The molecule has 0 saturated carbocycles. The summed E-state index contributed by atoms with van der Waals surface area (Å²) in [5.41, 5.74) is 6.97. The Labute approximate surface area is 285 Å². The molecule has 0 spiro atoms. The molecule has 1 unspecified atom stereocenters. The third-order valence-corrected chi connectivity index (χ3v) is 8.23. The van der Waals surface area contributed by atoms with Crippen molar-refractivity contribution in [1.29, 1.82) is 0 Å². The lowest BCUT2D eigenvalue weighted by molar-refractivity contribution is -0.106. The molecule has 260 valence electrons. The average Bonchev–Trinajstić information content (AvgIpc) is 3.19. The van der Waals surface area contributed by atoms with Crippen molar-refractivity contribution in [3.63, 3.8) is 0 Å². The summed E-state index contributed by atoms with van der Waals surface area (Å²) in [6.45, 7) is 21.5. The molecule has 1 saturated heterocycles. The molecule has 0 aliphatic carbocycles. The van der Waals surface area contributed by atoms with Crippen molar-refractivity contribution in [1.82, 2.24) is 9.96 Å². The first-order valence-electron chi connectivity index (χ1n) is 16.7. The molecule has 1 amide bonds. The molecule has 0 radical (unpaired) electrons. The van der Waals surface area contributed by atoms with Crippen LogP contribution in [-0.4, -0.2) is 68.5 Å². The fourth-order valence-electron chi connectivity index (χ4n) is 4.95. The Balaban J connectivity index is 0.00000179. The minimum absolute atomic E-state index is 0.127. The van der Waals surface area contributed by atoms with E-state index in [4.69, 9.17) is 26.1 Å². The van der Waals surface area contributed by atoms with E-state index < -0.39 is 5.60 Å². The summed E-state index contributed by atoms with van der Waals surface area (Å²) in [5.74, 6) is 0.485. The second-order valence-corrected chi connectivity index (χ2v) is 12.6. The van der Waals surface area contributed by atoms with Gasteiger partial charge in [0, 0.05) is 50.8 Å². The monoisotopic (exact) mass is 659 g/mol. The summed E-state index contributed by atoms with van der Waals surface area (Å²) in [5, 5.41) is 2.37. The van der Waals surface area contributed by atoms with Gasteiger partial charge in [-0.1, -0.05) is 68.7 Å². The molecular weight excluding hydrogens is 598 g/mol. The van der Waals surface area contributed by atoms with Crippen LogP contribution in [0.2, 0.25) is 5.02 Å². The normalized spacial score (nSPS) is 16.1. The lowest BCUT2D eigenvalue weighted by Crippen LogP contribution is -2.43. The van der Waals surface area contributed by atoms with Crippen molar-refractivity contribution >= 4 is 36.3 Å². The van der Waals surface area contributed by atoms with Crippen LogP contribution in [0.4, 0.5) is 4.79 Å². The fraction of sp³-hybridized carbons (Fsp3) is 0.605. The van der Waals surface area contributed by atoms with Crippen molar-refractivity contribution in [3.8, 4) is 0 Å². The van der Waals surface area contributed by atoms with Crippen LogP contribution in [0.5, 0.6) is 0 Å². The molecule has 46 heavy (non-hydrogen) atoms. The first-order chi connectivity index (χ1) is 21.7. The Morgan fingerprint density at radius 3 is 2.24 bits per heavy atom. The number of hydrogen-bond acceptors (Lipinski definition) is 6. The van der Waals surface area contributed by atoms with Crippen LogP contribution < -0.4 is 0 Å². The van der Waals surface area contributed by atoms with Crippen molar-refractivity contribution in [2.45, 2.75) is 113 Å². The molecule has 0 N–H and O–H groups in total. The molecule has 2 aliphatic rings. The van der Waals surface area contributed by atoms with Crippen LogP contribution in [0.15, 0.2) is 51.7 Å². The summed E-state index contributed by atoms with van der Waals surface area (Å²) in [6, 6.07) is 6.27. The fourth-order valence-corrected chi connectivity index (χ4v) is 5.13. The van der Waals surface area contributed by atoms with Gasteiger partial charge in [0.05, 0.1) is 12.8 Å². The minimum atomic E-state index is -0.445. The van der Waals surface area contributed by atoms with Gasteiger partial charge in [-0.3, -0.25) is 4.99 Å². The van der Waals surface area contributed by atoms with Gasteiger partial charge in [0.15, 0.2) is 0 Å². The summed E-state index contributed by atoms with van der Waals surface area (Å²) < 4.78 is 5.78. The number of hydroxylamine groups is 2. The number of carbonyl (C=O) groups excluding carboxylic acids is 2. The first-order valence-corrected chi connectivity index (χ1v) is 17.1. The Morgan fingerprint density at radius 2 is 1.74 bits per heavy atom. The number of aliphatic imine (C=N–C) groups is 1. The second-order valence-electron chi connectivity index (χ2n) is 12.2. The van der Waals surface area contributed by atoms with E-state index in [1.807, 2.05) is 65.9 Å². The van der Waals surface area contributed by atoms with Crippen LogP contribution in [0.3, 0.4) is 0 Å². The number of allylic oxidation sites excluding steroid dienone is 5. The molecule has 2 aliphatic heterocycles. The van der Waals surface area contributed by atoms with Crippen LogP contribution in [0, 0.1) is 5.92 Å². The van der Waals surface area contributed by atoms with Gasteiger partial charge in [-0.05, 0) is 102 Å². The minimum Gasteiger partial charge on any atom is -0.443 e. The number of likely N-dealkylation sites (tertiary alicyclic amines) is 1. The summed E-state index contributed by atoms with van der Waals surface area (Å²) in [4.78, 5) is 33.1. The van der Waals surface area contributed by atoms with Gasteiger partial charge in [0.1, 0.15) is 11.9 Å². The Bertz CT molecular complexity index is 1190. The quantitative estimate of drug-likeness (QED) is 0.205. The van der Waals surface area contributed by atoms with E-state index in [1.54, 1.807) is 12.2 Å². The molecule has 1 aromatic rings. The van der Waals surface area contributed by atoms with Gasteiger partial charge < -0.3 is 19.3 Å². The Morgan fingerprint density at radius 1 is 1.17 bits per heavy atom. The van der Waals surface area contributed by atoms with E-state index in [2.05, 4.69) is 56.8 Å². The number of benzene rings is 1. The SMILES string of the molecule is CC.CC/C(C)=C/c1cc(Cl)ccc1C(C1=C(C)C=C(C)CC=N1)C1CCN(C(=O)OC(C)(C)CC)CC1.CC=O.CON(C)C. The molecule has 0 aromatic heterocycles. The number of piperidine rings is 1. The molecule has 1 atom stereocenters. The molecule has 3 rings (SSSR count). The highest BCUT2D eigenvalue weighted by Crippen LogP contribution is 2.43. The van der Waals surface area contributed by atoms with E-state index in [9.17, 15) is 4.79 Å². The Kier molecular flexibility index (Phi) is 21.4. The van der Waals surface area contributed by atoms with Crippen molar-refractivity contribution < 1.29 is 19.2 Å². The number of amides is 1. The number of carbonyl (C=O) groups is 2. The van der Waals surface area contributed by atoms with Gasteiger partial charge in [-0.25, -0.2) is 4.79 Å². The predicted molar refractivity (Wildman–Crippen MR) is 197 cm³/mol. The van der Waals surface area contributed by atoms with E-state index in [0.717, 1.165) is 49.1 Å². The predicted octanol–water partition coefficient (Wildman–Crippen LogP) is 10.3. The van der Waals surface area contributed by atoms with E-state index >= 15 is 0 Å². The van der Waals surface area contributed by atoms with E-state index in [-0.39, 0.29) is 12.0 Å². The highest BCUT2D eigenvalue weighted by molar-refractivity contribution is 6.30. The molecule has 8 heteroatoms. The summed E-state index contributed by atoms with van der Waals surface area (Å²) in [6.07, 6.45) is 11.6. The zero-order chi connectivity index (χ0) is 35.4. The summed E-state index contributed by atoms with van der Waals surface area (Å²) >= 11 is 6.47. The highest BCUT2D eigenvalue weighted by Gasteiger charge is 2.35. The van der Waals surface area contributed by atoms with Gasteiger partial charge in [-0.15, -0.1) is 0 Å². The molecule has 1 fully saturated rings. The highest BCUT2D eigenvalue weighted by atomic mass is 35.5. The second kappa shape index (κ2) is 22.7.